The Hall–Kier alpha value is -4.82. The lowest BCUT2D eigenvalue weighted by Crippen LogP contribution is -2.38. The Morgan fingerprint density at radius 2 is 1.78 bits per heavy atom. The van der Waals surface area contributed by atoms with Gasteiger partial charge in [0.1, 0.15) is 18.8 Å². The molecule has 1 fully saturated rings. The molecule has 208 valence electrons. The van der Waals surface area contributed by atoms with Crippen molar-refractivity contribution in [2.45, 2.75) is 20.5 Å². The van der Waals surface area contributed by atoms with Gasteiger partial charge in [-0.2, -0.15) is 0 Å². The van der Waals surface area contributed by atoms with Crippen molar-refractivity contribution < 1.29 is 23.9 Å². The SMILES string of the molecule is CCOc1cc(/C=C2/NC(=O)N(CC(=O)Nc3cccc(C)c3)C2=O)cc(Cl)c1OCc1cccc2ccccc12. The molecule has 2 N–H and O–H groups in total. The molecule has 0 atom stereocenters. The van der Waals surface area contributed by atoms with Crippen LogP contribution < -0.4 is 20.1 Å². The zero-order chi connectivity index (χ0) is 28.9. The molecule has 1 aliphatic rings. The quantitative estimate of drug-likeness (QED) is 0.182. The van der Waals surface area contributed by atoms with Crippen LogP contribution in [0.2, 0.25) is 5.02 Å². The summed E-state index contributed by atoms with van der Waals surface area (Å²) in [6.45, 7) is 3.95. The molecule has 41 heavy (non-hydrogen) atoms. The lowest BCUT2D eigenvalue weighted by Gasteiger charge is -2.15. The Balaban J connectivity index is 1.32. The third-order valence-corrected chi connectivity index (χ3v) is 6.74. The molecule has 0 saturated carbocycles. The molecule has 8 nitrogen and oxygen atoms in total. The molecule has 5 rings (SSSR count). The van der Waals surface area contributed by atoms with E-state index in [1.54, 1.807) is 30.3 Å². The molecule has 0 spiro atoms. The maximum atomic E-state index is 13.0. The van der Waals surface area contributed by atoms with Crippen molar-refractivity contribution in [3.05, 3.63) is 106 Å². The minimum Gasteiger partial charge on any atom is -0.490 e. The molecular weight excluding hydrogens is 542 g/mol. The average molecular weight is 570 g/mol. The summed E-state index contributed by atoms with van der Waals surface area (Å²) in [4.78, 5) is 38.9. The number of nitrogens with one attached hydrogen (secondary N) is 2. The summed E-state index contributed by atoms with van der Waals surface area (Å²) < 4.78 is 11.9. The van der Waals surface area contributed by atoms with E-state index in [1.807, 2.05) is 62.4 Å². The highest BCUT2D eigenvalue weighted by molar-refractivity contribution is 6.32. The number of ether oxygens (including phenoxy) is 2. The molecule has 4 aromatic carbocycles. The van der Waals surface area contributed by atoms with Crippen molar-refractivity contribution in [2.24, 2.45) is 0 Å². The van der Waals surface area contributed by atoms with Gasteiger partial charge in [-0.15, -0.1) is 0 Å². The average Bonchev–Trinajstić information content (AvgIpc) is 3.20. The second-order valence-electron chi connectivity index (χ2n) is 9.49. The third-order valence-electron chi connectivity index (χ3n) is 6.46. The van der Waals surface area contributed by atoms with E-state index >= 15 is 0 Å². The van der Waals surface area contributed by atoms with E-state index < -0.39 is 24.4 Å². The number of nitrogens with zero attached hydrogens (tertiary/aromatic N) is 1. The fourth-order valence-electron chi connectivity index (χ4n) is 4.59. The normalized spacial score (nSPS) is 13.9. The molecule has 0 bridgehead atoms. The van der Waals surface area contributed by atoms with Gasteiger partial charge in [-0.3, -0.25) is 9.59 Å². The van der Waals surface area contributed by atoms with Gasteiger partial charge in [0.15, 0.2) is 11.5 Å². The Labute approximate surface area is 242 Å². The Morgan fingerprint density at radius 1 is 1.00 bits per heavy atom. The lowest BCUT2D eigenvalue weighted by molar-refractivity contribution is -0.127. The number of amides is 4. The fourth-order valence-corrected chi connectivity index (χ4v) is 4.87. The van der Waals surface area contributed by atoms with Gasteiger partial charge in [0.05, 0.1) is 11.6 Å². The smallest absolute Gasteiger partial charge is 0.329 e. The Bertz CT molecular complexity index is 1680. The number of urea groups is 1. The summed E-state index contributed by atoms with van der Waals surface area (Å²) in [5.74, 6) is -0.340. The number of hydrogen-bond acceptors (Lipinski definition) is 5. The van der Waals surface area contributed by atoms with Gasteiger partial charge < -0.3 is 20.1 Å². The number of halogens is 1. The van der Waals surface area contributed by atoms with Gasteiger partial charge in [-0.1, -0.05) is 66.2 Å². The van der Waals surface area contributed by atoms with E-state index in [-0.39, 0.29) is 17.3 Å². The number of anilines is 1. The molecule has 9 heteroatoms. The maximum absolute atomic E-state index is 13.0. The van der Waals surface area contributed by atoms with E-state index in [2.05, 4.69) is 10.6 Å². The number of hydrogen-bond donors (Lipinski definition) is 2. The zero-order valence-electron chi connectivity index (χ0n) is 22.6. The summed E-state index contributed by atoms with van der Waals surface area (Å²) in [5, 5.41) is 7.71. The van der Waals surface area contributed by atoms with Gasteiger partial charge in [0.25, 0.3) is 5.91 Å². The molecule has 0 aromatic heterocycles. The molecule has 0 aliphatic carbocycles. The number of benzene rings is 4. The van der Waals surface area contributed by atoms with Crippen molar-refractivity contribution in [3.63, 3.8) is 0 Å². The van der Waals surface area contributed by atoms with Crippen molar-refractivity contribution >= 4 is 52.0 Å². The van der Waals surface area contributed by atoms with Crippen LogP contribution in [0, 0.1) is 6.92 Å². The summed E-state index contributed by atoms with van der Waals surface area (Å²) in [7, 11) is 0. The predicted molar refractivity (Wildman–Crippen MR) is 159 cm³/mol. The van der Waals surface area contributed by atoms with Crippen LogP contribution in [0.4, 0.5) is 10.5 Å². The maximum Gasteiger partial charge on any atom is 0.329 e. The third kappa shape index (κ3) is 6.34. The first-order chi connectivity index (χ1) is 19.8. The van der Waals surface area contributed by atoms with Crippen LogP contribution in [0.25, 0.3) is 16.8 Å². The number of fused-ring (bicyclic) bond motifs is 1. The van der Waals surface area contributed by atoms with Crippen LogP contribution >= 0.6 is 11.6 Å². The highest BCUT2D eigenvalue weighted by Crippen LogP contribution is 2.38. The van der Waals surface area contributed by atoms with Crippen molar-refractivity contribution in [2.75, 3.05) is 18.5 Å². The van der Waals surface area contributed by atoms with E-state index in [4.69, 9.17) is 21.1 Å². The van der Waals surface area contributed by atoms with Crippen LogP contribution in [0.3, 0.4) is 0 Å². The first kappa shape index (κ1) is 27.7. The van der Waals surface area contributed by atoms with E-state index in [0.29, 0.717) is 29.4 Å². The molecule has 1 heterocycles. The standard InChI is InChI=1S/C32H28ClN3O5/c1-3-40-28-17-21(15-26(33)30(28)41-19-23-11-7-10-22-9-4-5-13-25(22)23)16-27-31(38)36(32(39)35-27)18-29(37)34-24-12-6-8-20(2)14-24/h4-17H,3,18-19H2,1-2H3,(H,34,37)(H,35,39)/b27-16+. The van der Waals surface area contributed by atoms with Crippen LogP contribution in [0.5, 0.6) is 11.5 Å². The van der Waals surface area contributed by atoms with Gasteiger partial charge in [0.2, 0.25) is 5.91 Å². The molecular formula is C32H28ClN3O5. The van der Waals surface area contributed by atoms with Gasteiger partial charge in [-0.25, -0.2) is 9.69 Å². The minimum atomic E-state index is -0.688. The number of imide groups is 1. The second-order valence-corrected chi connectivity index (χ2v) is 9.89. The van der Waals surface area contributed by atoms with E-state index in [1.165, 1.54) is 6.08 Å². The van der Waals surface area contributed by atoms with Crippen LogP contribution in [-0.4, -0.2) is 35.9 Å². The highest BCUT2D eigenvalue weighted by Gasteiger charge is 2.35. The monoisotopic (exact) mass is 569 g/mol. The predicted octanol–water partition coefficient (Wildman–Crippen LogP) is 6.31. The van der Waals surface area contributed by atoms with Gasteiger partial charge in [0, 0.05) is 5.69 Å². The van der Waals surface area contributed by atoms with Crippen LogP contribution in [-0.2, 0) is 16.2 Å². The van der Waals surface area contributed by atoms with E-state index in [9.17, 15) is 14.4 Å². The largest absolute Gasteiger partial charge is 0.490 e. The number of carbonyl (C=O) groups is 3. The van der Waals surface area contributed by atoms with Gasteiger partial charge >= 0.3 is 6.03 Å². The van der Waals surface area contributed by atoms with Gasteiger partial charge in [-0.05, 0) is 71.7 Å². The van der Waals surface area contributed by atoms with E-state index in [0.717, 1.165) is 26.8 Å². The molecule has 4 aromatic rings. The van der Waals surface area contributed by atoms with Crippen molar-refractivity contribution in [3.8, 4) is 11.5 Å². The summed E-state index contributed by atoms with van der Waals surface area (Å²) in [5.41, 5.74) is 3.09. The molecule has 4 amide bonds. The van der Waals surface area contributed by atoms with Crippen molar-refractivity contribution in [1.82, 2.24) is 10.2 Å². The molecule has 1 saturated heterocycles. The summed E-state index contributed by atoms with van der Waals surface area (Å²) in [6.07, 6.45) is 1.49. The molecule has 0 radical (unpaired) electrons. The Kier molecular flexibility index (Phi) is 8.21. The molecule has 0 unspecified atom stereocenters. The minimum absolute atomic E-state index is 0.0151. The summed E-state index contributed by atoms with van der Waals surface area (Å²) in [6, 6.07) is 23.9. The summed E-state index contributed by atoms with van der Waals surface area (Å²) >= 11 is 6.62. The van der Waals surface area contributed by atoms with Crippen molar-refractivity contribution in [1.29, 1.82) is 0 Å². The number of aryl methyl sites for hydroxylation is 1. The first-order valence-electron chi connectivity index (χ1n) is 13.1. The van der Waals surface area contributed by atoms with Crippen LogP contribution in [0.1, 0.15) is 23.6 Å². The van der Waals surface area contributed by atoms with Crippen LogP contribution in [0.15, 0.2) is 84.6 Å². The highest BCUT2D eigenvalue weighted by atomic mass is 35.5. The number of carbonyl (C=O) groups excluding carboxylic acids is 3. The Morgan fingerprint density at radius 3 is 2.59 bits per heavy atom. The number of rotatable bonds is 9. The topological polar surface area (TPSA) is 97.0 Å². The second kappa shape index (κ2) is 12.1. The first-order valence-corrected chi connectivity index (χ1v) is 13.5. The molecule has 1 aliphatic heterocycles. The fraction of sp³-hybridized carbons (Fsp3) is 0.156. The lowest BCUT2D eigenvalue weighted by atomic mass is 10.1. The zero-order valence-corrected chi connectivity index (χ0v) is 23.3.